The first-order valence-electron chi connectivity index (χ1n) is 6.64. The zero-order valence-corrected chi connectivity index (χ0v) is 13.7. The van der Waals surface area contributed by atoms with Crippen molar-refractivity contribution in [3.05, 3.63) is 42.0 Å². The van der Waals surface area contributed by atoms with Crippen molar-refractivity contribution in [2.24, 2.45) is 0 Å². The summed E-state index contributed by atoms with van der Waals surface area (Å²) in [5.41, 5.74) is 4.03. The van der Waals surface area contributed by atoms with Gasteiger partial charge in [0.25, 0.3) is 0 Å². The van der Waals surface area contributed by atoms with E-state index < -0.39 is 0 Å². The number of nitrogens with zero attached hydrogens (tertiary/aromatic N) is 1. The lowest BCUT2D eigenvalue weighted by molar-refractivity contribution is -0.424. The summed E-state index contributed by atoms with van der Waals surface area (Å²) in [5, 5.41) is 2.63. The van der Waals surface area contributed by atoms with Crippen LogP contribution in [-0.2, 0) is 5.41 Å². The Kier molecular flexibility index (Phi) is 3.75. The SMILES string of the molecule is C#CC[N+]1=C(C)C(C)(C)c2c1ccc1ccccc21.[Br-]. The molecule has 1 aliphatic heterocycles. The molecule has 0 saturated carbocycles. The van der Waals surface area contributed by atoms with Crippen LogP contribution >= 0.6 is 0 Å². The number of benzene rings is 2. The number of fused-ring (bicyclic) bond motifs is 3. The minimum Gasteiger partial charge on any atom is -1.00 e. The summed E-state index contributed by atoms with van der Waals surface area (Å²) in [4.78, 5) is 0. The topological polar surface area (TPSA) is 3.01 Å². The first kappa shape index (κ1) is 14.8. The summed E-state index contributed by atoms with van der Waals surface area (Å²) < 4.78 is 2.27. The number of terminal acetylenes is 1. The first-order valence-corrected chi connectivity index (χ1v) is 6.64. The highest BCUT2D eigenvalue weighted by molar-refractivity contribution is 6.01. The molecule has 0 saturated heterocycles. The van der Waals surface area contributed by atoms with Gasteiger partial charge in [-0.2, -0.15) is 4.58 Å². The van der Waals surface area contributed by atoms with Gasteiger partial charge in [0.1, 0.15) is 0 Å². The van der Waals surface area contributed by atoms with Crippen LogP contribution in [0, 0.1) is 12.3 Å². The van der Waals surface area contributed by atoms with Gasteiger partial charge in [0, 0.05) is 18.6 Å². The van der Waals surface area contributed by atoms with E-state index in [-0.39, 0.29) is 22.4 Å². The van der Waals surface area contributed by atoms with E-state index >= 15 is 0 Å². The van der Waals surface area contributed by atoms with E-state index in [1.54, 1.807) is 0 Å². The van der Waals surface area contributed by atoms with Crippen molar-refractivity contribution in [3.8, 4) is 12.3 Å². The van der Waals surface area contributed by atoms with Gasteiger partial charge in [-0.25, -0.2) is 0 Å². The quantitative estimate of drug-likeness (QED) is 0.540. The Balaban J connectivity index is 0.00000147. The monoisotopic (exact) mass is 327 g/mol. The van der Waals surface area contributed by atoms with Gasteiger partial charge in [-0.05, 0) is 36.6 Å². The lowest BCUT2D eigenvalue weighted by Crippen LogP contribution is -3.00. The van der Waals surface area contributed by atoms with Crippen molar-refractivity contribution in [1.82, 2.24) is 0 Å². The van der Waals surface area contributed by atoms with Gasteiger partial charge < -0.3 is 17.0 Å². The van der Waals surface area contributed by atoms with Crippen LogP contribution in [0.3, 0.4) is 0 Å². The van der Waals surface area contributed by atoms with E-state index in [2.05, 4.69) is 67.7 Å². The lowest BCUT2D eigenvalue weighted by atomic mass is 9.80. The van der Waals surface area contributed by atoms with Crippen LogP contribution in [0.1, 0.15) is 26.3 Å². The third kappa shape index (κ3) is 1.89. The van der Waals surface area contributed by atoms with Crippen molar-refractivity contribution in [3.63, 3.8) is 0 Å². The molecule has 1 nitrogen and oxygen atoms in total. The molecule has 0 fully saturated rings. The van der Waals surface area contributed by atoms with Crippen LogP contribution in [0.25, 0.3) is 10.8 Å². The Bertz CT molecular complexity index is 748. The van der Waals surface area contributed by atoms with Crippen molar-refractivity contribution >= 4 is 22.2 Å². The molecule has 1 heterocycles. The molecule has 1 aliphatic rings. The molecule has 2 heteroatoms. The molecule has 102 valence electrons. The zero-order valence-electron chi connectivity index (χ0n) is 12.1. The standard InChI is InChI=1S/C18H18N.BrH/c1-5-12-19-13(2)18(3,4)17-15-9-7-6-8-14(15)10-11-16(17)19;/h1,6-11H,12H2,2-4H3;1H/q+1;/p-1. The molecule has 0 amide bonds. The normalized spacial score (nSPS) is 15.7. The van der Waals surface area contributed by atoms with Gasteiger partial charge in [0.15, 0.2) is 5.71 Å². The molecule has 0 radical (unpaired) electrons. The van der Waals surface area contributed by atoms with Crippen molar-refractivity contribution in [1.29, 1.82) is 0 Å². The Labute approximate surface area is 131 Å². The fourth-order valence-corrected chi connectivity index (χ4v) is 3.14. The van der Waals surface area contributed by atoms with Crippen LogP contribution < -0.4 is 17.0 Å². The van der Waals surface area contributed by atoms with Gasteiger partial charge in [-0.1, -0.05) is 24.3 Å². The van der Waals surface area contributed by atoms with E-state index in [4.69, 9.17) is 6.42 Å². The molecule has 0 bridgehead atoms. The molecule has 2 aromatic rings. The van der Waals surface area contributed by atoms with Crippen molar-refractivity contribution in [2.75, 3.05) is 6.54 Å². The highest BCUT2D eigenvalue weighted by atomic mass is 79.9. The molecule has 3 rings (SSSR count). The predicted molar refractivity (Wildman–Crippen MR) is 81.3 cm³/mol. The van der Waals surface area contributed by atoms with E-state index in [0.29, 0.717) is 6.54 Å². The Morgan fingerprint density at radius 1 is 1.15 bits per heavy atom. The second kappa shape index (κ2) is 5.07. The smallest absolute Gasteiger partial charge is 0.210 e. The van der Waals surface area contributed by atoms with Crippen molar-refractivity contribution in [2.45, 2.75) is 26.2 Å². The molecule has 0 aromatic heterocycles. The van der Waals surface area contributed by atoms with Crippen molar-refractivity contribution < 1.29 is 21.6 Å². The average molecular weight is 328 g/mol. The third-order valence-corrected chi connectivity index (χ3v) is 4.38. The molecule has 0 spiro atoms. The zero-order chi connectivity index (χ0) is 13.6. The maximum Gasteiger partial charge on any atom is 0.210 e. The molecule has 20 heavy (non-hydrogen) atoms. The summed E-state index contributed by atoms with van der Waals surface area (Å²) >= 11 is 0. The number of rotatable bonds is 1. The molecule has 0 aliphatic carbocycles. The van der Waals surface area contributed by atoms with Gasteiger partial charge in [-0.3, -0.25) is 0 Å². The largest absolute Gasteiger partial charge is 1.00 e. The predicted octanol–water partition coefficient (Wildman–Crippen LogP) is 0.873. The Morgan fingerprint density at radius 2 is 1.85 bits per heavy atom. The summed E-state index contributed by atoms with van der Waals surface area (Å²) in [7, 11) is 0. The minimum atomic E-state index is 0. The fourth-order valence-electron chi connectivity index (χ4n) is 3.14. The molecule has 2 aromatic carbocycles. The maximum atomic E-state index is 5.52. The maximum absolute atomic E-state index is 5.52. The average Bonchev–Trinajstić information content (AvgIpc) is 2.60. The Morgan fingerprint density at radius 3 is 2.55 bits per heavy atom. The number of hydrogen-bond donors (Lipinski definition) is 0. The van der Waals surface area contributed by atoms with Gasteiger partial charge in [0.2, 0.25) is 12.2 Å². The van der Waals surface area contributed by atoms with Crippen LogP contribution in [0.15, 0.2) is 36.4 Å². The van der Waals surface area contributed by atoms with E-state index in [1.807, 2.05) is 0 Å². The Hall–Kier alpha value is -1.59. The van der Waals surface area contributed by atoms with Crippen LogP contribution in [0.4, 0.5) is 5.69 Å². The number of hydrogen-bond acceptors (Lipinski definition) is 0. The molecular formula is C18H18BrN. The van der Waals surface area contributed by atoms with E-state index in [9.17, 15) is 0 Å². The first-order chi connectivity index (χ1) is 9.07. The highest BCUT2D eigenvalue weighted by Gasteiger charge is 2.43. The molecule has 0 unspecified atom stereocenters. The molecule has 0 atom stereocenters. The van der Waals surface area contributed by atoms with Crippen LogP contribution in [0.2, 0.25) is 0 Å². The fraction of sp³-hybridized carbons (Fsp3) is 0.278. The van der Waals surface area contributed by atoms with Gasteiger partial charge >= 0.3 is 0 Å². The van der Waals surface area contributed by atoms with Crippen LogP contribution in [0.5, 0.6) is 0 Å². The summed E-state index contributed by atoms with van der Waals surface area (Å²) in [6.45, 7) is 7.39. The summed E-state index contributed by atoms with van der Waals surface area (Å²) in [6, 6.07) is 13.0. The highest BCUT2D eigenvalue weighted by Crippen LogP contribution is 2.43. The van der Waals surface area contributed by atoms with E-state index in [0.717, 1.165) is 0 Å². The van der Waals surface area contributed by atoms with E-state index in [1.165, 1.54) is 27.7 Å². The summed E-state index contributed by atoms with van der Waals surface area (Å²) in [5.74, 6) is 2.77. The van der Waals surface area contributed by atoms with Gasteiger partial charge in [-0.15, -0.1) is 6.42 Å². The number of halogens is 1. The second-order valence-corrected chi connectivity index (χ2v) is 5.68. The van der Waals surface area contributed by atoms with Gasteiger partial charge in [0.05, 0.1) is 5.41 Å². The second-order valence-electron chi connectivity index (χ2n) is 5.68. The lowest BCUT2D eigenvalue weighted by Gasteiger charge is -2.17. The van der Waals surface area contributed by atoms with Crippen LogP contribution in [-0.4, -0.2) is 16.8 Å². The minimum absolute atomic E-state index is 0. The molecule has 0 N–H and O–H groups in total. The molecular weight excluding hydrogens is 310 g/mol. The summed E-state index contributed by atoms with van der Waals surface area (Å²) in [6.07, 6.45) is 5.52. The third-order valence-electron chi connectivity index (χ3n) is 4.38.